The van der Waals surface area contributed by atoms with Crippen LogP contribution in [0.5, 0.6) is 5.75 Å². The van der Waals surface area contributed by atoms with E-state index in [-0.39, 0.29) is 56.7 Å². The SMILES string of the molecule is C=CCN1CC(=O)N2[C@@H](Cc3ccc(O)cc3)C(=O)N(Cc3cccc4c(-c5ccc(NC(=O)Nc6ccccc6)nc5)cn(C)c34)C[C@@H]2N1C(=O)NCc1ccccc1. The molecule has 60 heavy (non-hydrogen) atoms. The van der Waals surface area contributed by atoms with E-state index in [2.05, 4.69) is 27.5 Å². The monoisotopic (exact) mass is 803 g/mol. The van der Waals surface area contributed by atoms with Gasteiger partial charge < -0.3 is 30.1 Å². The van der Waals surface area contributed by atoms with E-state index in [1.165, 1.54) is 0 Å². The maximum atomic E-state index is 14.7. The molecule has 8 rings (SSSR count). The number of hydrogen-bond acceptors (Lipinski definition) is 7. The van der Waals surface area contributed by atoms with E-state index in [1.54, 1.807) is 74.6 Å². The molecule has 2 aromatic heterocycles. The third-order valence-corrected chi connectivity index (χ3v) is 10.8. The molecule has 2 saturated heterocycles. The third kappa shape index (κ3) is 8.26. The fourth-order valence-corrected chi connectivity index (χ4v) is 8.10. The summed E-state index contributed by atoms with van der Waals surface area (Å²) < 4.78 is 2.02. The average Bonchev–Trinajstić information content (AvgIpc) is 3.60. The number of benzene rings is 4. The first-order chi connectivity index (χ1) is 29.2. The molecule has 6 amide bonds. The van der Waals surface area contributed by atoms with Crippen molar-refractivity contribution in [2.45, 2.75) is 31.7 Å². The number of phenolic OH excluding ortho intramolecular Hbond substituents is 1. The summed E-state index contributed by atoms with van der Waals surface area (Å²) in [6.07, 6.45) is 4.74. The van der Waals surface area contributed by atoms with Crippen molar-refractivity contribution in [2.75, 3.05) is 30.3 Å². The molecule has 0 aliphatic carbocycles. The summed E-state index contributed by atoms with van der Waals surface area (Å²) in [5.74, 6) is -0.0346. The summed E-state index contributed by atoms with van der Waals surface area (Å²) in [4.78, 5) is 63.4. The van der Waals surface area contributed by atoms with Crippen molar-refractivity contribution in [2.24, 2.45) is 7.05 Å². The Hall–Kier alpha value is -7.45. The van der Waals surface area contributed by atoms with Crippen molar-refractivity contribution in [1.29, 1.82) is 0 Å². The highest BCUT2D eigenvalue weighted by atomic mass is 16.3. The number of anilines is 2. The molecule has 0 bridgehead atoms. The lowest BCUT2D eigenvalue weighted by atomic mass is 9.98. The smallest absolute Gasteiger partial charge is 0.334 e. The zero-order valence-electron chi connectivity index (χ0n) is 33.1. The first-order valence-corrected chi connectivity index (χ1v) is 19.7. The van der Waals surface area contributed by atoms with Gasteiger partial charge in [-0.3, -0.25) is 14.9 Å². The highest BCUT2D eigenvalue weighted by Gasteiger charge is 2.51. The standard InChI is InChI=1S/C46H45N9O5/c1-3-23-53-30-42(57)54-39(24-31-17-20-36(56)21-18-31)44(58)52(29-41(54)55(53)46(60)48-25-32-11-6-4-7-12-32)27-34-13-10-16-37-38(28-51(2)43(34)37)33-19-22-40(47-26-33)50-45(59)49-35-14-8-5-9-15-35/h3-22,26,28,39,41,56H,1,23-25,27,29-30H2,2H3,(H,48,60)(H2,47,49,50,59)/t39-,41-/m0/s1. The topological polar surface area (TPSA) is 155 Å². The van der Waals surface area contributed by atoms with E-state index < -0.39 is 24.3 Å². The van der Waals surface area contributed by atoms with Crippen LogP contribution >= 0.6 is 0 Å². The van der Waals surface area contributed by atoms with E-state index in [0.717, 1.165) is 38.7 Å². The lowest BCUT2D eigenvalue weighted by molar-refractivity contribution is -0.189. The molecule has 14 heteroatoms. The number of aromatic nitrogens is 2. The first kappa shape index (κ1) is 39.4. The van der Waals surface area contributed by atoms with Crippen LogP contribution in [0.1, 0.15) is 16.7 Å². The van der Waals surface area contributed by atoms with E-state index in [1.807, 2.05) is 90.6 Å². The molecule has 0 saturated carbocycles. The zero-order chi connectivity index (χ0) is 41.8. The van der Waals surface area contributed by atoms with Crippen molar-refractivity contribution in [1.82, 2.24) is 34.7 Å². The highest BCUT2D eigenvalue weighted by Crippen LogP contribution is 2.35. The Morgan fingerprint density at radius 1 is 0.883 bits per heavy atom. The number of pyridine rings is 1. The Bertz CT molecular complexity index is 2530. The summed E-state index contributed by atoms with van der Waals surface area (Å²) in [6.45, 7) is 4.55. The van der Waals surface area contributed by atoms with Gasteiger partial charge in [-0.25, -0.2) is 24.6 Å². The third-order valence-electron chi connectivity index (χ3n) is 10.8. The molecule has 2 atom stereocenters. The number of piperazine rings is 1. The molecule has 4 N–H and O–H groups in total. The van der Waals surface area contributed by atoms with Gasteiger partial charge in [-0.2, -0.15) is 0 Å². The largest absolute Gasteiger partial charge is 0.508 e. The van der Waals surface area contributed by atoms with Gasteiger partial charge in [0.15, 0.2) is 0 Å². The fourth-order valence-electron chi connectivity index (χ4n) is 8.10. The van der Waals surface area contributed by atoms with Gasteiger partial charge in [0, 0.05) is 67.7 Å². The first-order valence-electron chi connectivity index (χ1n) is 19.7. The number of fused-ring (bicyclic) bond motifs is 2. The summed E-state index contributed by atoms with van der Waals surface area (Å²) >= 11 is 0. The van der Waals surface area contributed by atoms with Crippen LogP contribution in [0.4, 0.5) is 21.1 Å². The van der Waals surface area contributed by atoms with E-state index in [0.29, 0.717) is 11.5 Å². The molecular weight excluding hydrogens is 759 g/mol. The van der Waals surface area contributed by atoms with Crippen LogP contribution in [-0.2, 0) is 36.1 Å². The average molecular weight is 804 g/mol. The molecule has 2 fully saturated rings. The second-order valence-electron chi connectivity index (χ2n) is 14.9. The number of phenols is 1. The Balaban J connectivity index is 1.09. The molecule has 4 aromatic carbocycles. The van der Waals surface area contributed by atoms with Gasteiger partial charge in [0.2, 0.25) is 11.8 Å². The number of carbonyl (C=O) groups excluding carboxylic acids is 4. The minimum atomic E-state index is -0.924. The van der Waals surface area contributed by atoms with Crippen molar-refractivity contribution in [3.8, 4) is 16.9 Å². The predicted octanol–water partition coefficient (Wildman–Crippen LogP) is 6.33. The van der Waals surface area contributed by atoms with Gasteiger partial charge in [0.05, 0.1) is 18.6 Å². The number of hydrazine groups is 1. The number of aromatic hydroxyl groups is 1. The number of para-hydroxylation sites is 2. The van der Waals surface area contributed by atoms with Gasteiger partial charge >= 0.3 is 12.1 Å². The number of rotatable bonds is 11. The van der Waals surface area contributed by atoms with Gasteiger partial charge in [-0.1, -0.05) is 84.9 Å². The van der Waals surface area contributed by atoms with Crippen molar-refractivity contribution >= 4 is 46.3 Å². The summed E-state index contributed by atoms with van der Waals surface area (Å²) in [7, 11) is 1.95. The summed E-state index contributed by atoms with van der Waals surface area (Å²) in [5.41, 5.74) is 5.88. The lowest BCUT2D eigenvalue weighted by Gasteiger charge is -2.55. The van der Waals surface area contributed by atoms with Crippen LogP contribution in [-0.4, -0.2) is 90.2 Å². The molecule has 14 nitrogen and oxygen atoms in total. The van der Waals surface area contributed by atoms with Crippen LogP contribution in [0.25, 0.3) is 22.0 Å². The number of urea groups is 2. The second kappa shape index (κ2) is 17.2. The highest BCUT2D eigenvalue weighted by molar-refractivity contribution is 6.00. The predicted molar refractivity (Wildman–Crippen MR) is 229 cm³/mol. The van der Waals surface area contributed by atoms with E-state index >= 15 is 0 Å². The summed E-state index contributed by atoms with van der Waals surface area (Å²) in [5, 5.41) is 22.8. The van der Waals surface area contributed by atoms with Crippen LogP contribution in [0.2, 0.25) is 0 Å². The molecule has 304 valence electrons. The molecule has 2 aliphatic rings. The molecule has 2 aliphatic heterocycles. The number of nitrogens with one attached hydrogen (secondary N) is 3. The number of nitrogens with zero attached hydrogens (tertiary/aromatic N) is 6. The molecule has 4 heterocycles. The summed E-state index contributed by atoms with van der Waals surface area (Å²) in [6, 6.07) is 33.2. The Morgan fingerprint density at radius 2 is 1.63 bits per heavy atom. The number of hydrogen-bond donors (Lipinski definition) is 4. The zero-order valence-corrected chi connectivity index (χ0v) is 33.1. The van der Waals surface area contributed by atoms with Crippen LogP contribution in [0, 0.1) is 0 Å². The van der Waals surface area contributed by atoms with Crippen LogP contribution in [0.3, 0.4) is 0 Å². The molecule has 0 unspecified atom stereocenters. The molecule has 0 radical (unpaired) electrons. The van der Waals surface area contributed by atoms with Crippen molar-refractivity contribution in [3.05, 3.63) is 157 Å². The Kier molecular flexibility index (Phi) is 11.3. The van der Waals surface area contributed by atoms with E-state index in [4.69, 9.17) is 0 Å². The van der Waals surface area contributed by atoms with Gasteiger partial charge in [-0.15, -0.1) is 6.58 Å². The van der Waals surface area contributed by atoms with Crippen molar-refractivity contribution < 1.29 is 24.3 Å². The van der Waals surface area contributed by atoms with Crippen molar-refractivity contribution in [3.63, 3.8) is 0 Å². The lowest BCUT2D eigenvalue weighted by Crippen LogP contribution is -2.76. The molecular formula is C46H45N9O5. The number of carbonyl (C=O) groups is 4. The quantitative estimate of drug-likeness (QED) is 0.112. The molecule has 6 aromatic rings. The minimum absolute atomic E-state index is 0.0625. The van der Waals surface area contributed by atoms with Gasteiger partial charge in [-0.05, 0) is 53.1 Å². The Labute approximate surface area is 347 Å². The fraction of sp³-hybridized carbons (Fsp3) is 0.196. The minimum Gasteiger partial charge on any atom is -0.508 e. The number of aryl methyl sites for hydroxylation is 1. The molecule has 0 spiro atoms. The Morgan fingerprint density at radius 3 is 2.35 bits per heavy atom. The maximum Gasteiger partial charge on any atom is 0.334 e. The second-order valence-corrected chi connectivity index (χ2v) is 14.9. The van der Waals surface area contributed by atoms with Crippen LogP contribution in [0.15, 0.2) is 140 Å². The van der Waals surface area contributed by atoms with Gasteiger partial charge in [0.25, 0.3) is 0 Å². The van der Waals surface area contributed by atoms with E-state index in [9.17, 15) is 24.3 Å². The normalized spacial score (nSPS) is 16.7. The maximum absolute atomic E-state index is 14.7. The van der Waals surface area contributed by atoms with Gasteiger partial charge in [0.1, 0.15) is 23.8 Å². The van der Waals surface area contributed by atoms with Crippen LogP contribution < -0.4 is 16.0 Å². The number of amides is 6.